The molecule has 0 spiro atoms. The minimum absolute atomic E-state index is 0.182. The fraction of sp³-hybridized carbons (Fsp3) is 0.286. The van der Waals surface area contributed by atoms with Crippen LogP contribution in [0.15, 0.2) is 48.5 Å². The van der Waals surface area contributed by atoms with Crippen molar-refractivity contribution in [3.8, 4) is 0 Å². The molecule has 30 heavy (non-hydrogen) atoms. The fourth-order valence-electron chi connectivity index (χ4n) is 3.36. The van der Waals surface area contributed by atoms with E-state index in [1.807, 2.05) is 24.3 Å². The summed E-state index contributed by atoms with van der Waals surface area (Å²) in [5.41, 5.74) is 7.70. The van der Waals surface area contributed by atoms with Gasteiger partial charge in [-0.05, 0) is 29.3 Å². The molecule has 0 aliphatic carbocycles. The molecule has 1 unspecified atom stereocenters. The number of carbonyl (C=O) groups is 3. The van der Waals surface area contributed by atoms with E-state index in [0.29, 0.717) is 6.54 Å². The molecule has 0 aromatic heterocycles. The van der Waals surface area contributed by atoms with Crippen molar-refractivity contribution in [2.45, 2.75) is 26.2 Å². The molecule has 0 saturated carbocycles. The van der Waals surface area contributed by atoms with Crippen LogP contribution in [-0.4, -0.2) is 46.9 Å². The molecule has 3 rings (SSSR count). The molecule has 0 bridgehead atoms. The lowest BCUT2D eigenvalue weighted by Gasteiger charge is -2.28. The second kappa shape index (κ2) is 9.36. The Labute approximate surface area is 173 Å². The largest absolute Gasteiger partial charge is 0.349 e. The van der Waals surface area contributed by atoms with Crippen molar-refractivity contribution in [1.82, 2.24) is 15.1 Å². The smallest absolute Gasteiger partial charge is 0.323 e. The summed E-state index contributed by atoms with van der Waals surface area (Å²) in [4.78, 5) is 40.2. The summed E-state index contributed by atoms with van der Waals surface area (Å²) in [5.74, 6) is -1.29. The van der Waals surface area contributed by atoms with Gasteiger partial charge in [0.2, 0.25) is 5.91 Å². The van der Waals surface area contributed by atoms with Gasteiger partial charge in [-0.25, -0.2) is 9.18 Å². The Bertz CT molecular complexity index is 952. The molecule has 2 aromatic rings. The number of nitrogens with one attached hydrogen (secondary N) is 2. The minimum Gasteiger partial charge on any atom is -0.349 e. The van der Waals surface area contributed by atoms with Gasteiger partial charge in [0.15, 0.2) is 6.17 Å². The van der Waals surface area contributed by atoms with E-state index in [1.165, 1.54) is 34.9 Å². The molecule has 9 heteroatoms. The third-order valence-electron chi connectivity index (χ3n) is 4.84. The van der Waals surface area contributed by atoms with Crippen molar-refractivity contribution in [3.05, 3.63) is 65.5 Å². The number of nitrogens with two attached hydrogens (primary N) is 1. The Hall–Kier alpha value is -3.46. The van der Waals surface area contributed by atoms with Crippen molar-refractivity contribution < 1.29 is 18.8 Å². The third kappa shape index (κ3) is 4.93. The number of carbonyl (C=O) groups excluding carboxylic acids is 3. The number of rotatable bonds is 5. The second-order valence-corrected chi connectivity index (χ2v) is 6.96. The Morgan fingerprint density at radius 2 is 1.77 bits per heavy atom. The van der Waals surface area contributed by atoms with Gasteiger partial charge < -0.3 is 21.3 Å². The van der Waals surface area contributed by atoms with Gasteiger partial charge in [-0.3, -0.25) is 14.5 Å². The molecule has 1 aliphatic heterocycles. The average Bonchev–Trinajstić information content (AvgIpc) is 3.18. The number of nitrogens with zero attached hydrogens (tertiary/aromatic N) is 2. The zero-order valence-corrected chi connectivity index (χ0v) is 16.6. The Kier molecular flexibility index (Phi) is 6.63. The van der Waals surface area contributed by atoms with Gasteiger partial charge in [0.25, 0.3) is 5.91 Å². The summed E-state index contributed by atoms with van der Waals surface area (Å²) >= 11 is 0. The van der Waals surface area contributed by atoms with Gasteiger partial charge in [-0.1, -0.05) is 30.3 Å². The van der Waals surface area contributed by atoms with Crippen molar-refractivity contribution in [1.29, 1.82) is 0 Å². The predicted octanol–water partition coefficient (Wildman–Crippen LogP) is 1.62. The molecule has 8 nitrogen and oxygen atoms in total. The molecule has 1 fully saturated rings. The van der Waals surface area contributed by atoms with E-state index in [-0.39, 0.29) is 31.2 Å². The molecule has 1 saturated heterocycles. The van der Waals surface area contributed by atoms with E-state index >= 15 is 0 Å². The van der Waals surface area contributed by atoms with Crippen LogP contribution in [0.4, 0.5) is 14.9 Å². The third-order valence-corrected chi connectivity index (χ3v) is 4.84. The lowest BCUT2D eigenvalue weighted by molar-refractivity contribution is -0.139. The first kappa shape index (κ1) is 21.3. The number of urea groups is 1. The van der Waals surface area contributed by atoms with Crippen molar-refractivity contribution in [2.24, 2.45) is 5.73 Å². The van der Waals surface area contributed by atoms with Gasteiger partial charge in [-0.15, -0.1) is 0 Å². The highest BCUT2D eigenvalue weighted by Gasteiger charge is 2.41. The summed E-state index contributed by atoms with van der Waals surface area (Å²) in [5, 5.41) is 5.35. The zero-order valence-electron chi connectivity index (χ0n) is 16.6. The van der Waals surface area contributed by atoms with Crippen LogP contribution in [0.2, 0.25) is 0 Å². The standard InChI is InChI=1S/C21H24FN5O3/c1-14(28)26-8-9-27(21(30)25-18-7-3-6-17(22)11-18)20(26)19(29)24-13-16-5-2-4-15(10-16)12-23/h2-7,10-11,20H,8-9,12-13,23H2,1H3,(H,24,29)(H,25,30). The van der Waals surface area contributed by atoms with Gasteiger partial charge >= 0.3 is 6.03 Å². The molecule has 1 heterocycles. The molecule has 0 radical (unpaired) electrons. The molecule has 1 atom stereocenters. The summed E-state index contributed by atoms with van der Waals surface area (Å²) in [6, 6.07) is 12.3. The number of benzene rings is 2. The van der Waals surface area contributed by atoms with Crippen LogP contribution in [0.3, 0.4) is 0 Å². The van der Waals surface area contributed by atoms with Crippen LogP contribution in [0.25, 0.3) is 0 Å². The van der Waals surface area contributed by atoms with Crippen LogP contribution in [0, 0.1) is 5.82 Å². The molecule has 2 aromatic carbocycles. The van der Waals surface area contributed by atoms with E-state index < -0.39 is 23.9 Å². The first-order chi connectivity index (χ1) is 14.4. The summed E-state index contributed by atoms with van der Waals surface area (Å²) in [7, 11) is 0. The average molecular weight is 413 g/mol. The van der Waals surface area contributed by atoms with Crippen LogP contribution >= 0.6 is 0 Å². The SMILES string of the molecule is CC(=O)N1CCN(C(=O)Nc2cccc(F)c2)C1C(=O)NCc1cccc(CN)c1. The maximum absolute atomic E-state index is 13.4. The fourth-order valence-corrected chi connectivity index (χ4v) is 3.36. The Morgan fingerprint density at radius 1 is 1.07 bits per heavy atom. The second-order valence-electron chi connectivity index (χ2n) is 6.96. The maximum atomic E-state index is 13.4. The number of hydrogen-bond donors (Lipinski definition) is 3. The predicted molar refractivity (Wildman–Crippen MR) is 109 cm³/mol. The van der Waals surface area contributed by atoms with Crippen molar-refractivity contribution >= 4 is 23.5 Å². The lowest BCUT2D eigenvalue weighted by atomic mass is 10.1. The van der Waals surface area contributed by atoms with Crippen LogP contribution in [0.5, 0.6) is 0 Å². The van der Waals surface area contributed by atoms with E-state index in [9.17, 15) is 18.8 Å². The summed E-state index contributed by atoms with van der Waals surface area (Å²) in [6.07, 6.45) is -1.09. The highest BCUT2D eigenvalue weighted by molar-refractivity contribution is 5.96. The van der Waals surface area contributed by atoms with E-state index in [2.05, 4.69) is 10.6 Å². The van der Waals surface area contributed by atoms with Crippen LogP contribution < -0.4 is 16.4 Å². The minimum atomic E-state index is -1.09. The van der Waals surface area contributed by atoms with Gasteiger partial charge in [0.1, 0.15) is 5.82 Å². The maximum Gasteiger partial charge on any atom is 0.323 e. The van der Waals surface area contributed by atoms with Gasteiger partial charge in [-0.2, -0.15) is 0 Å². The first-order valence-electron chi connectivity index (χ1n) is 9.55. The molecule has 4 N–H and O–H groups in total. The monoisotopic (exact) mass is 413 g/mol. The number of hydrogen-bond acceptors (Lipinski definition) is 4. The van der Waals surface area contributed by atoms with E-state index in [1.54, 1.807) is 6.07 Å². The Balaban J connectivity index is 1.72. The Morgan fingerprint density at radius 3 is 2.47 bits per heavy atom. The van der Waals surface area contributed by atoms with Crippen LogP contribution in [-0.2, 0) is 22.7 Å². The first-order valence-corrected chi connectivity index (χ1v) is 9.55. The molecular weight excluding hydrogens is 389 g/mol. The number of anilines is 1. The van der Waals surface area contributed by atoms with Crippen molar-refractivity contribution in [2.75, 3.05) is 18.4 Å². The molecule has 158 valence electrons. The van der Waals surface area contributed by atoms with Gasteiger partial charge in [0, 0.05) is 38.8 Å². The van der Waals surface area contributed by atoms with E-state index in [0.717, 1.165) is 11.1 Å². The molecule has 1 aliphatic rings. The van der Waals surface area contributed by atoms with Crippen LogP contribution in [0.1, 0.15) is 18.1 Å². The molecular formula is C21H24FN5O3. The van der Waals surface area contributed by atoms with E-state index in [4.69, 9.17) is 5.73 Å². The number of halogens is 1. The van der Waals surface area contributed by atoms with Crippen molar-refractivity contribution in [3.63, 3.8) is 0 Å². The summed E-state index contributed by atoms with van der Waals surface area (Å²) < 4.78 is 13.4. The normalized spacial score (nSPS) is 15.8. The topological polar surface area (TPSA) is 108 Å². The lowest BCUT2D eigenvalue weighted by Crippen LogP contribution is -2.54. The highest BCUT2D eigenvalue weighted by Crippen LogP contribution is 2.18. The quantitative estimate of drug-likeness (QED) is 0.692. The number of amides is 4. The zero-order chi connectivity index (χ0) is 21.7. The molecule has 4 amide bonds. The van der Waals surface area contributed by atoms with Gasteiger partial charge in [0.05, 0.1) is 0 Å². The highest BCUT2D eigenvalue weighted by atomic mass is 19.1. The summed E-state index contributed by atoms with van der Waals surface area (Å²) in [6.45, 7) is 2.37.